The highest BCUT2D eigenvalue weighted by Crippen LogP contribution is 2.37. The summed E-state index contributed by atoms with van der Waals surface area (Å²) in [7, 11) is 0. The fourth-order valence-electron chi connectivity index (χ4n) is 3.27. The highest BCUT2D eigenvalue weighted by Gasteiger charge is 2.22. The van der Waals surface area contributed by atoms with E-state index in [4.69, 9.17) is 11.6 Å². The van der Waals surface area contributed by atoms with Crippen molar-refractivity contribution in [3.05, 3.63) is 62.5 Å². The van der Waals surface area contributed by atoms with E-state index in [2.05, 4.69) is 51.9 Å². The van der Waals surface area contributed by atoms with Gasteiger partial charge in [-0.1, -0.05) is 58.7 Å². The van der Waals surface area contributed by atoms with Gasteiger partial charge in [-0.25, -0.2) is 0 Å². The maximum absolute atomic E-state index is 11.9. The van der Waals surface area contributed by atoms with Crippen molar-refractivity contribution < 1.29 is 0 Å². The standard InChI is InChI=1S/C21H29ClN2OS/c1-6-9-15(7-2)17-12-16(18(13-19(17)22)21(3,4)5)14-26-24-20(25)10-8-11-23-24/h8,10-13,15H,6-7,9,14H2,1-5H3. The lowest BCUT2D eigenvalue weighted by atomic mass is 9.81. The normalized spacial score (nSPS) is 13.0. The lowest BCUT2D eigenvalue weighted by Gasteiger charge is -2.26. The second kappa shape index (κ2) is 9.09. The van der Waals surface area contributed by atoms with Gasteiger partial charge in [-0.2, -0.15) is 9.19 Å². The topological polar surface area (TPSA) is 34.9 Å². The van der Waals surface area contributed by atoms with Crippen molar-refractivity contribution in [1.82, 2.24) is 9.19 Å². The van der Waals surface area contributed by atoms with E-state index in [1.54, 1.807) is 12.3 Å². The molecule has 1 unspecified atom stereocenters. The molecule has 5 heteroatoms. The molecule has 2 aromatic rings. The van der Waals surface area contributed by atoms with Gasteiger partial charge in [0.25, 0.3) is 5.56 Å². The van der Waals surface area contributed by atoms with Gasteiger partial charge in [0.05, 0.1) is 0 Å². The number of hydrogen-bond donors (Lipinski definition) is 0. The van der Waals surface area contributed by atoms with Crippen LogP contribution in [0.1, 0.15) is 76.5 Å². The first-order valence-corrected chi connectivity index (χ1v) is 10.6. The molecular formula is C21H29ClN2OS. The molecule has 1 heterocycles. The number of nitrogens with zero attached hydrogens (tertiary/aromatic N) is 2. The second-order valence-corrected chi connectivity index (χ2v) is 8.98. The minimum Gasteiger partial charge on any atom is -0.267 e. The third-order valence-corrected chi connectivity index (χ3v) is 5.91. The molecule has 3 nitrogen and oxygen atoms in total. The Labute approximate surface area is 166 Å². The Morgan fingerprint density at radius 3 is 2.58 bits per heavy atom. The van der Waals surface area contributed by atoms with E-state index in [1.807, 2.05) is 0 Å². The summed E-state index contributed by atoms with van der Waals surface area (Å²) in [5.74, 6) is 1.17. The number of aromatic nitrogens is 2. The predicted octanol–water partition coefficient (Wildman–Crippen LogP) is 6.18. The minimum absolute atomic E-state index is 0.0143. The number of benzene rings is 1. The second-order valence-electron chi connectivity index (χ2n) is 7.68. The Kier molecular flexibility index (Phi) is 7.36. The zero-order valence-electron chi connectivity index (χ0n) is 16.4. The minimum atomic E-state index is -0.0959. The fourth-order valence-corrected chi connectivity index (χ4v) is 4.40. The maximum atomic E-state index is 11.9. The quantitative estimate of drug-likeness (QED) is 0.563. The van der Waals surface area contributed by atoms with Gasteiger partial charge in [0.2, 0.25) is 0 Å². The van der Waals surface area contributed by atoms with E-state index in [0.717, 1.165) is 24.3 Å². The number of halogens is 1. The van der Waals surface area contributed by atoms with Crippen molar-refractivity contribution >= 4 is 23.5 Å². The van der Waals surface area contributed by atoms with E-state index in [9.17, 15) is 4.79 Å². The Hall–Kier alpha value is -1.26. The first-order chi connectivity index (χ1) is 12.3. The van der Waals surface area contributed by atoms with Crippen LogP contribution in [0.3, 0.4) is 0 Å². The van der Waals surface area contributed by atoms with Gasteiger partial charge in [-0.15, -0.1) is 0 Å². The van der Waals surface area contributed by atoms with Gasteiger partial charge in [-0.05, 0) is 64.9 Å². The molecule has 0 saturated carbocycles. The molecule has 0 N–H and O–H groups in total. The summed E-state index contributed by atoms with van der Waals surface area (Å²) in [5.41, 5.74) is 3.58. The monoisotopic (exact) mass is 392 g/mol. The van der Waals surface area contributed by atoms with Crippen molar-refractivity contribution in [3.8, 4) is 0 Å². The summed E-state index contributed by atoms with van der Waals surface area (Å²) in [6, 6.07) is 7.59. The molecular weight excluding hydrogens is 364 g/mol. The van der Waals surface area contributed by atoms with Gasteiger partial charge >= 0.3 is 0 Å². The third-order valence-electron chi connectivity index (χ3n) is 4.63. The number of rotatable bonds is 7. The molecule has 0 aliphatic carbocycles. The van der Waals surface area contributed by atoms with Crippen molar-refractivity contribution in [1.29, 1.82) is 0 Å². The highest BCUT2D eigenvalue weighted by molar-refractivity contribution is 7.96. The lowest BCUT2D eigenvalue weighted by Crippen LogP contribution is -2.18. The van der Waals surface area contributed by atoms with Crippen LogP contribution in [-0.2, 0) is 11.2 Å². The van der Waals surface area contributed by atoms with Crippen molar-refractivity contribution in [3.63, 3.8) is 0 Å². The summed E-state index contributed by atoms with van der Waals surface area (Å²) < 4.78 is 1.45. The molecule has 2 rings (SSSR count). The Morgan fingerprint density at radius 2 is 2.00 bits per heavy atom. The molecule has 0 amide bonds. The third kappa shape index (κ3) is 5.14. The maximum Gasteiger partial charge on any atom is 0.277 e. The Balaban J connectivity index is 2.43. The summed E-state index contributed by atoms with van der Waals surface area (Å²) in [6.07, 6.45) is 5.00. The summed E-state index contributed by atoms with van der Waals surface area (Å²) >= 11 is 8.11. The number of hydrogen-bond acceptors (Lipinski definition) is 3. The van der Waals surface area contributed by atoms with Gasteiger partial charge < -0.3 is 0 Å². The van der Waals surface area contributed by atoms with Gasteiger partial charge in [0, 0.05) is 23.0 Å². The molecule has 0 aliphatic heterocycles. The molecule has 0 saturated heterocycles. The van der Waals surface area contributed by atoms with Gasteiger partial charge in [0.15, 0.2) is 0 Å². The molecule has 142 valence electrons. The van der Waals surface area contributed by atoms with Crippen LogP contribution in [0.4, 0.5) is 0 Å². The van der Waals surface area contributed by atoms with E-state index < -0.39 is 0 Å². The Bertz CT molecular complexity index is 795. The lowest BCUT2D eigenvalue weighted by molar-refractivity contribution is 0.577. The fraction of sp³-hybridized carbons (Fsp3) is 0.524. The molecule has 1 aromatic heterocycles. The van der Waals surface area contributed by atoms with Crippen LogP contribution in [-0.4, -0.2) is 9.19 Å². The van der Waals surface area contributed by atoms with E-state index >= 15 is 0 Å². The van der Waals surface area contributed by atoms with Crippen LogP contribution in [0.25, 0.3) is 0 Å². The molecule has 0 aliphatic rings. The first kappa shape index (κ1) is 21.0. The average molecular weight is 393 g/mol. The smallest absolute Gasteiger partial charge is 0.267 e. The summed E-state index contributed by atoms with van der Waals surface area (Å²) in [5, 5.41) is 5.01. The predicted molar refractivity (Wildman–Crippen MR) is 113 cm³/mol. The van der Waals surface area contributed by atoms with Crippen molar-refractivity contribution in [2.75, 3.05) is 0 Å². The molecule has 26 heavy (non-hydrogen) atoms. The molecule has 1 atom stereocenters. The van der Waals surface area contributed by atoms with E-state index in [-0.39, 0.29) is 11.0 Å². The van der Waals surface area contributed by atoms with Crippen LogP contribution < -0.4 is 5.56 Å². The van der Waals surface area contributed by atoms with Crippen molar-refractivity contribution in [2.24, 2.45) is 0 Å². The first-order valence-electron chi connectivity index (χ1n) is 9.28. The van der Waals surface area contributed by atoms with Gasteiger partial charge in [-0.3, -0.25) is 4.79 Å². The summed E-state index contributed by atoms with van der Waals surface area (Å²) in [6.45, 7) is 11.0. The van der Waals surface area contributed by atoms with Gasteiger partial charge in [0.1, 0.15) is 0 Å². The zero-order chi connectivity index (χ0) is 19.3. The van der Waals surface area contributed by atoms with Crippen LogP contribution in [0.2, 0.25) is 5.02 Å². The zero-order valence-corrected chi connectivity index (χ0v) is 18.0. The molecule has 0 spiro atoms. The molecule has 0 bridgehead atoms. The highest BCUT2D eigenvalue weighted by atomic mass is 35.5. The van der Waals surface area contributed by atoms with E-state index in [0.29, 0.717) is 11.7 Å². The van der Waals surface area contributed by atoms with Crippen LogP contribution >= 0.6 is 23.5 Å². The van der Waals surface area contributed by atoms with E-state index in [1.165, 1.54) is 38.8 Å². The molecule has 0 radical (unpaired) electrons. The summed E-state index contributed by atoms with van der Waals surface area (Å²) in [4.78, 5) is 11.9. The molecule has 1 aromatic carbocycles. The van der Waals surface area contributed by atoms with Crippen LogP contribution in [0.5, 0.6) is 0 Å². The largest absolute Gasteiger partial charge is 0.277 e. The Morgan fingerprint density at radius 1 is 1.27 bits per heavy atom. The van der Waals surface area contributed by atoms with Crippen LogP contribution in [0.15, 0.2) is 35.3 Å². The van der Waals surface area contributed by atoms with Crippen molar-refractivity contribution in [2.45, 2.75) is 71.0 Å². The van der Waals surface area contributed by atoms with Crippen LogP contribution in [0, 0.1) is 0 Å². The SMILES string of the molecule is CCCC(CC)c1cc(CSn2ncccc2=O)c(C(C)(C)C)cc1Cl. The molecule has 0 fully saturated rings. The average Bonchev–Trinajstić information content (AvgIpc) is 2.59.